The molecule has 0 aromatic carbocycles. The Balaban J connectivity index is 0. The Morgan fingerprint density at radius 1 is 1.19 bits per heavy atom. The highest BCUT2D eigenvalue weighted by atomic mass is 16.5. The zero-order valence-corrected chi connectivity index (χ0v) is 11.0. The number of ether oxygens (including phenoxy) is 2. The number of hydrogen-bond donors (Lipinski definition) is 0. The van der Waals surface area contributed by atoms with Crippen molar-refractivity contribution < 1.29 is 19.1 Å². The van der Waals surface area contributed by atoms with Gasteiger partial charge >= 0.3 is 11.9 Å². The molecule has 0 aromatic rings. The van der Waals surface area contributed by atoms with E-state index >= 15 is 0 Å². The molecule has 0 rings (SSSR count). The van der Waals surface area contributed by atoms with Crippen molar-refractivity contribution in [1.82, 2.24) is 0 Å². The van der Waals surface area contributed by atoms with Gasteiger partial charge in [0.15, 0.2) is 0 Å². The van der Waals surface area contributed by atoms with E-state index in [2.05, 4.69) is 16.1 Å². The van der Waals surface area contributed by atoms with Gasteiger partial charge in [-0.3, -0.25) is 4.79 Å². The first kappa shape index (κ1) is 17.1. The molecule has 4 heteroatoms. The molecule has 0 saturated heterocycles. The van der Waals surface area contributed by atoms with E-state index in [1.807, 2.05) is 20.8 Å². The van der Waals surface area contributed by atoms with E-state index in [0.717, 1.165) is 6.42 Å². The molecule has 0 N–H and O–H groups in total. The second-order valence-corrected chi connectivity index (χ2v) is 4.00. The first-order valence-corrected chi connectivity index (χ1v) is 5.05. The molecule has 4 nitrogen and oxygen atoms in total. The van der Waals surface area contributed by atoms with Crippen LogP contribution < -0.4 is 0 Å². The van der Waals surface area contributed by atoms with Crippen molar-refractivity contribution in [2.24, 2.45) is 5.41 Å². The monoisotopic (exact) mass is 230 g/mol. The first-order valence-electron chi connectivity index (χ1n) is 5.05. The molecule has 0 spiro atoms. The Kier molecular flexibility index (Phi) is 8.44. The predicted molar refractivity (Wildman–Crippen MR) is 62.9 cm³/mol. The van der Waals surface area contributed by atoms with Crippen LogP contribution in [0.5, 0.6) is 0 Å². The molecule has 0 aliphatic carbocycles. The Morgan fingerprint density at radius 2 is 1.62 bits per heavy atom. The second kappa shape index (κ2) is 7.91. The molecule has 0 heterocycles. The minimum absolute atomic E-state index is 0.134. The van der Waals surface area contributed by atoms with Crippen molar-refractivity contribution in [2.45, 2.75) is 34.1 Å². The molecule has 16 heavy (non-hydrogen) atoms. The number of esters is 2. The second-order valence-electron chi connectivity index (χ2n) is 4.00. The lowest BCUT2D eigenvalue weighted by Gasteiger charge is -2.17. The van der Waals surface area contributed by atoms with Gasteiger partial charge in [-0.15, -0.1) is 0 Å². The Morgan fingerprint density at radius 3 is 1.69 bits per heavy atom. The highest BCUT2D eigenvalue weighted by Crippen LogP contribution is 2.20. The van der Waals surface area contributed by atoms with Gasteiger partial charge < -0.3 is 9.47 Å². The Bertz CT molecular complexity index is 254. The predicted octanol–water partition coefficient (Wildman–Crippen LogP) is 2.33. The first-order chi connectivity index (χ1) is 7.22. The molecule has 0 fully saturated rings. The fraction of sp³-hybridized carbons (Fsp3) is 0.667. The largest absolute Gasteiger partial charge is 0.469 e. The molecule has 0 aliphatic heterocycles. The SMILES string of the molecule is C=C(C)C(=O)OC.CCC(C)(C)C(=O)OC. The van der Waals surface area contributed by atoms with Crippen LogP contribution in [0.1, 0.15) is 34.1 Å². The number of carbonyl (C=O) groups is 2. The van der Waals surface area contributed by atoms with Crippen LogP contribution in [-0.2, 0) is 19.1 Å². The Hall–Kier alpha value is -1.32. The minimum Gasteiger partial charge on any atom is -0.469 e. The summed E-state index contributed by atoms with van der Waals surface area (Å²) in [7, 11) is 2.75. The highest BCUT2D eigenvalue weighted by molar-refractivity contribution is 5.86. The molecular formula is C12H22O4. The summed E-state index contributed by atoms with van der Waals surface area (Å²) >= 11 is 0. The van der Waals surface area contributed by atoms with E-state index in [9.17, 15) is 9.59 Å². The number of methoxy groups -OCH3 is 2. The van der Waals surface area contributed by atoms with Gasteiger partial charge in [0.05, 0.1) is 19.6 Å². The summed E-state index contributed by atoms with van der Waals surface area (Å²) in [6.45, 7) is 10.7. The molecular weight excluding hydrogens is 208 g/mol. The van der Waals surface area contributed by atoms with Crippen LogP contribution >= 0.6 is 0 Å². The van der Waals surface area contributed by atoms with Crippen LogP contribution in [0.2, 0.25) is 0 Å². The van der Waals surface area contributed by atoms with Crippen LogP contribution in [0, 0.1) is 5.41 Å². The quantitative estimate of drug-likeness (QED) is 0.551. The molecule has 0 aromatic heterocycles. The smallest absolute Gasteiger partial charge is 0.332 e. The summed E-state index contributed by atoms with van der Waals surface area (Å²) in [6.07, 6.45) is 0.819. The van der Waals surface area contributed by atoms with E-state index in [1.54, 1.807) is 6.92 Å². The van der Waals surface area contributed by atoms with Crippen molar-refractivity contribution in [3.8, 4) is 0 Å². The maximum atomic E-state index is 10.8. The van der Waals surface area contributed by atoms with E-state index in [0.29, 0.717) is 5.57 Å². The molecule has 0 bridgehead atoms. The van der Waals surface area contributed by atoms with E-state index < -0.39 is 0 Å². The molecule has 0 amide bonds. The van der Waals surface area contributed by atoms with Crippen molar-refractivity contribution in [3.63, 3.8) is 0 Å². The van der Waals surface area contributed by atoms with Crippen molar-refractivity contribution in [1.29, 1.82) is 0 Å². The average molecular weight is 230 g/mol. The minimum atomic E-state index is -0.347. The van der Waals surface area contributed by atoms with E-state index in [1.165, 1.54) is 14.2 Å². The van der Waals surface area contributed by atoms with Crippen LogP contribution in [-0.4, -0.2) is 26.2 Å². The molecule has 0 radical (unpaired) electrons. The van der Waals surface area contributed by atoms with E-state index in [-0.39, 0.29) is 17.4 Å². The standard InChI is InChI=1S/C7H14O2.C5H8O2/c1-5-7(2,3)6(8)9-4;1-4(2)5(6)7-3/h5H2,1-4H3;1H2,2-3H3. The fourth-order valence-electron chi connectivity index (χ4n) is 0.595. The van der Waals surface area contributed by atoms with Gasteiger partial charge in [0.1, 0.15) is 0 Å². The summed E-state index contributed by atoms with van der Waals surface area (Å²) in [5.41, 5.74) is 0.122. The number of hydrogen-bond acceptors (Lipinski definition) is 4. The fourth-order valence-corrected chi connectivity index (χ4v) is 0.595. The molecule has 0 saturated carbocycles. The zero-order chi connectivity index (χ0) is 13.4. The van der Waals surface area contributed by atoms with Gasteiger partial charge in [-0.25, -0.2) is 4.79 Å². The maximum absolute atomic E-state index is 10.8. The molecule has 0 unspecified atom stereocenters. The molecule has 94 valence electrons. The maximum Gasteiger partial charge on any atom is 0.332 e. The summed E-state index contributed by atoms with van der Waals surface area (Å²) in [4.78, 5) is 21.0. The van der Waals surface area contributed by atoms with Gasteiger partial charge in [-0.05, 0) is 27.2 Å². The van der Waals surface area contributed by atoms with E-state index in [4.69, 9.17) is 0 Å². The van der Waals surface area contributed by atoms with Crippen molar-refractivity contribution >= 4 is 11.9 Å². The van der Waals surface area contributed by atoms with Gasteiger partial charge in [-0.2, -0.15) is 0 Å². The summed E-state index contributed by atoms with van der Waals surface area (Å²) in [5.74, 6) is -0.481. The summed E-state index contributed by atoms with van der Waals surface area (Å²) in [5, 5.41) is 0. The van der Waals surface area contributed by atoms with Gasteiger partial charge in [0, 0.05) is 5.57 Å². The Labute approximate surface area is 97.6 Å². The normalized spacial score (nSPS) is 9.62. The lowest BCUT2D eigenvalue weighted by atomic mass is 9.91. The van der Waals surface area contributed by atoms with Crippen LogP contribution in [0.25, 0.3) is 0 Å². The molecule has 0 atom stereocenters. The van der Waals surface area contributed by atoms with Gasteiger partial charge in [0.2, 0.25) is 0 Å². The zero-order valence-electron chi connectivity index (χ0n) is 11.0. The van der Waals surface area contributed by atoms with Crippen LogP contribution in [0.4, 0.5) is 0 Å². The van der Waals surface area contributed by atoms with Gasteiger partial charge in [0.25, 0.3) is 0 Å². The lowest BCUT2D eigenvalue weighted by Crippen LogP contribution is -2.24. The topological polar surface area (TPSA) is 52.6 Å². The highest BCUT2D eigenvalue weighted by Gasteiger charge is 2.25. The summed E-state index contributed by atoms with van der Waals surface area (Å²) in [6, 6.07) is 0. The van der Waals surface area contributed by atoms with Crippen LogP contribution in [0.15, 0.2) is 12.2 Å². The molecule has 0 aliphatic rings. The lowest BCUT2D eigenvalue weighted by molar-refractivity contribution is -0.150. The van der Waals surface area contributed by atoms with Crippen LogP contribution in [0.3, 0.4) is 0 Å². The van der Waals surface area contributed by atoms with Crippen molar-refractivity contribution in [3.05, 3.63) is 12.2 Å². The number of carbonyl (C=O) groups excluding carboxylic acids is 2. The van der Waals surface area contributed by atoms with Crippen molar-refractivity contribution in [2.75, 3.05) is 14.2 Å². The average Bonchev–Trinajstić information content (AvgIpc) is 2.27. The third-order valence-electron chi connectivity index (χ3n) is 2.16. The third kappa shape index (κ3) is 7.04. The summed E-state index contributed by atoms with van der Waals surface area (Å²) < 4.78 is 8.84. The number of rotatable bonds is 3. The van der Waals surface area contributed by atoms with Gasteiger partial charge in [-0.1, -0.05) is 13.5 Å². The third-order valence-corrected chi connectivity index (χ3v) is 2.16.